The van der Waals surface area contributed by atoms with Gasteiger partial charge in [0.25, 0.3) is 0 Å². The molecule has 1 aliphatic heterocycles. The minimum atomic E-state index is -3.39. The van der Waals surface area contributed by atoms with E-state index in [-0.39, 0.29) is 11.9 Å². The number of aryl methyl sites for hydroxylation is 1. The number of rotatable bonds is 5. The van der Waals surface area contributed by atoms with Crippen LogP contribution in [0.25, 0.3) is 0 Å². The fourth-order valence-corrected chi connectivity index (χ4v) is 4.71. The molecule has 2 aliphatic rings. The van der Waals surface area contributed by atoms with Crippen LogP contribution in [0.3, 0.4) is 0 Å². The zero-order valence-corrected chi connectivity index (χ0v) is 13.3. The van der Waals surface area contributed by atoms with Gasteiger partial charge in [0, 0.05) is 12.7 Å². The van der Waals surface area contributed by atoms with Crippen molar-refractivity contribution in [2.45, 2.75) is 32.3 Å². The smallest absolute Gasteiger partial charge is 0.215 e. The van der Waals surface area contributed by atoms with Crippen molar-refractivity contribution in [3.63, 3.8) is 0 Å². The highest BCUT2D eigenvalue weighted by molar-refractivity contribution is 7.89. The summed E-state index contributed by atoms with van der Waals surface area (Å²) in [6.45, 7) is 2.66. The lowest BCUT2D eigenvalue weighted by Crippen LogP contribution is -2.35. The second-order valence-corrected chi connectivity index (χ2v) is 8.09. The Bertz CT molecular complexity index is 707. The van der Waals surface area contributed by atoms with E-state index in [0.29, 0.717) is 38.1 Å². The van der Waals surface area contributed by atoms with E-state index in [9.17, 15) is 8.42 Å². The van der Waals surface area contributed by atoms with Crippen molar-refractivity contribution in [3.05, 3.63) is 24.0 Å². The molecule has 7 heteroatoms. The summed E-state index contributed by atoms with van der Waals surface area (Å²) < 4.78 is 32.2. The number of aromatic nitrogens is 1. The third-order valence-corrected chi connectivity index (χ3v) is 6.34. The molecular formula is C15H19N3O3S. The Morgan fingerprint density at radius 2 is 2.32 bits per heavy atom. The first-order valence-corrected chi connectivity index (χ1v) is 9.02. The summed E-state index contributed by atoms with van der Waals surface area (Å²) in [7, 11) is -3.39. The summed E-state index contributed by atoms with van der Waals surface area (Å²) in [6.07, 6.45) is 3.57. The lowest BCUT2D eigenvalue weighted by molar-refractivity contribution is 0.213. The zero-order valence-electron chi connectivity index (χ0n) is 12.5. The molecule has 1 aromatic rings. The molecule has 6 nitrogen and oxygen atoms in total. The normalized spacial score (nSPS) is 23.9. The van der Waals surface area contributed by atoms with Crippen LogP contribution in [0.5, 0.6) is 5.75 Å². The van der Waals surface area contributed by atoms with E-state index in [1.54, 1.807) is 12.3 Å². The highest BCUT2D eigenvalue weighted by Gasteiger charge is 2.49. The molecule has 0 bridgehead atoms. The number of sulfonamides is 1. The highest BCUT2D eigenvalue weighted by Crippen LogP contribution is 2.46. The monoisotopic (exact) mass is 321 g/mol. The van der Waals surface area contributed by atoms with Crippen LogP contribution < -0.4 is 4.74 Å². The average Bonchev–Trinajstić information content (AvgIpc) is 3.07. The molecule has 0 spiro atoms. The van der Waals surface area contributed by atoms with Gasteiger partial charge in [-0.3, -0.25) is 4.98 Å². The van der Waals surface area contributed by atoms with Crippen LogP contribution in [0.4, 0.5) is 0 Å². The van der Waals surface area contributed by atoms with Gasteiger partial charge in [-0.05, 0) is 38.3 Å². The molecule has 2 heterocycles. The van der Waals surface area contributed by atoms with E-state index in [1.807, 2.05) is 13.0 Å². The molecule has 1 saturated heterocycles. The van der Waals surface area contributed by atoms with E-state index in [2.05, 4.69) is 11.1 Å². The van der Waals surface area contributed by atoms with Gasteiger partial charge in [0.05, 0.1) is 29.5 Å². The molecule has 0 N–H and O–H groups in total. The van der Waals surface area contributed by atoms with Gasteiger partial charge in [-0.25, -0.2) is 8.42 Å². The predicted molar refractivity (Wildman–Crippen MR) is 80.6 cm³/mol. The van der Waals surface area contributed by atoms with E-state index >= 15 is 0 Å². The van der Waals surface area contributed by atoms with Crippen LogP contribution in [-0.4, -0.2) is 42.7 Å². The second kappa shape index (κ2) is 5.52. The number of pyridine rings is 1. The summed E-state index contributed by atoms with van der Waals surface area (Å²) >= 11 is 0. The lowest BCUT2D eigenvalue weighted by Gasteiger charge is -2.19. The molecule has 2 fully saturated rings. The first kappa shape index (κ1) is 15.3. The maximum atomic E-state index is 12.4. The Morgan fingerprint density at radius 3 is 2.95 bits per heavy atom. The third kappa shape index (κ3) is 3.08. The van der Waals surface area contributed by atoms with Gasteiger partial charge in [0.2, 0.25) is 10.0 Å². The van der Waals surface area contributed by atoms with Gasteiger partial charge >= 0.3 is 0 Å². The maximum absolute atomic E-state index is 12.4. The Morgan fingerprint density at radius 1 is 1.55 bits per heavy atom. The summed E-state index contributed by atoms with van der Waals surface area (Å²) in [5, 5.41) is 9.08. The fourth-order valence-electron chi connectivity index (χ4n) is 2.70. The molecule has 1 unspecified atom stereocenters. The van der Waals surface area contributed by atoms with E-state index in [0.717, 1.165) is 5.69 Å². The van der Waals surface area contributed by atoms with Crippen molar-refractivity contribution < 1.29 is 13.2 Å². The number of nitrogens with zero attached hydrogens (tertiary/aromatic N) is 3. The Labute approximate surface area is 130 Å². The van der Waals surface area contributed by atoms with E-state index in [1.165, 1.54) is 4.31 Å². The topological polar surface area (TPSA) is 83.3 Å². The number of ether oxygens (including phenoxy) is 1. The molecule has 0 aromatic carbocycles. The largest absolute Gasteiger partial charge is 0.487 e. The number of nitriles is 1. The van der Waals surface area contributed by atoms with Crippen LogP contribution in [0.1, 0.15) is 25.0 Å². The molecule has 3 rings (SSSR count). The van der Waals surface area contributed by atoms with Crippen molar-refractivity contribution in [2.24, 2.45) is 5.41 Å². The molecule has 1 aromatic heterocycles. The molecule has 1 saturated carbocycles. The first-order valence-electron chi connectivity index (χ1n) is 7.41. The Kier molecular flexibility index (Phi) is 3.83. The van der Waals surface area contributed by atoms with E-state index < -0.39 is 15.4 Å². The fraction of sp³-hybridized carbons (Fsp3) is 0.600. The SMILES string of the molecule is Cc1ncccc1OC1CCN(S(=O)(=O)CC2(C#N)CC2)C1. The number of hydrogen-bond donors (Lipinski definition) is 0. The van der Waals surface area contributed by atoms with Gasteiger partial charge < -0.3 is 4.74 Å². The van der Waals surface area contributed by atoms with Gasteiger partial charge in [-0.2, -0.15) is 9.57 Å². The molecule has 0 radical (unpaired) electrons. The molecular weight excluding hydrogens is 302 g/mol. The van der Waals surface area contributed by atoms with Crippen LogP contribution in [0.2, 0.25) is 0 Å². The van der Waals surface area contributed by atoms with Crippen molar-refractivity contribution in [1.82, 2.24) is 9.29 Å². The summed E-state index contributed by atoms with van der Waals surface area (Å²) in [5.74, 6) is 0.636. The quantitative estimate of drug-likeness (QED) is 0.820. The zero-order chi connectivity index (χ0) is 15.8. The van der Waals surface area contributed by atoms with Gasteiger partial charge in [0.15, 0.2) is 0 Å². The predicted octanol–water partition coefficient (Wildman–Crippen LogP) is 1.48. The van der Waals surface area contributed by atoms with Crippen molar-refractivity contribution in [2.75, 3.05) is 18.8 Å². The van der Waals surface area contributed by atoms with Crippen LogP contribution in [0.15, 0.2) is 18.3 Å². The van der Waals surface area contributed by atoms with Crippen molar-refractivity contribution in [3.8, 4) is 11.8 Å². The summed E-state index contributed by atoms with van der Waals surface area (Å²) in [4.78, 5) is 4.16. The van der Waals surface area contributed by atoms with Crippen molar-refractivity contribution >= 4 is 10.0 Å². The highest BCUT2D eigenvalue weighted by atomic mass is 32.2. The van der Waals surface area contributed by atoms with Gasteiger partial charge in [-0.15, -0.1) is 0 Å². The van der Waals surface area contributed by atoms with Gasteiger partial charge in [0.1, 0.15) is 11.9 Å². The molecule has 1 aliphatic carbocycles. The molecule has 1 atom stereocenters. The molecule has 118 valence electrons. The Balaban J connectivity index is 1.63. The second-order valence-electron chi connectivity index (χ2n) is 6.12. The van der Waals surface area contributed by atoms with Gasteiger partial charge in [-0.1, -0.05) is 0 Å². The summed E-state index contributed by atoms with van der Waals surface area (Å²) in [5.41, 5.74) is 0.155. The first-order chi connectivity index (χ1) is 10.4. The summed E-state index contributed by atoms with van der Waals surface area (Å²) in [6, 6.07) is 5.79. The minimum Gasteiger partial charge on any atom is -0.487 e. The minimum absolute atomic E-state index is 0.0604. The maximum Gasteiger partial charge on any atom is 0.215 e. The standard InChI is InChI=1S/C15H19N3O3S/c1-12-14(3-2-7-17-12)21-13-4-8-18(9-13)22(19,20)11-15(10-16)5-6-15/h2-3,7,13H,4-6,8-9,11H2,1H3. The van der Waals surface area contributed by atoms with E-state index in [4.69, 9.17) is 10.00 Å². The molecule has 0 amide bonds. The van der Waals surface area contributed by atoms with Crippen LogP contribution in [0, 0.1) is 23.7 Å². The molecule has 22 heavy (non-hydrogen) atoms. The van der Waals surface area contributed by atoms with Crippen molar-refractivity contribution in [1.29, 1.82) is 5.26 Å². The average molecular weight is 321 g/mol. The number of hydrogen-bond acceptors (Lipinski definition) is 5. The third-order valence-electron chi connectivity index (χ3n) is 4.30. The lowest BCUT2D eigenvalue weighted by atomic mass is 10.2. The Hall–Kier alpha value is -1.65. The van der Waals surface area contributed by atoms with Crippen LogP contribution >= 0.6 is 0 Å². The van der Waals surface area contributed by atoms with Crippen LogP contribution in [-0.2, 0) is 10.0 Å².